The topological polar surface area (TPSA) is 83.9 Å². The molecule has 1 atom stereocenters. The van der Waals surface area contributed by atoms with Crippen molar-refractivity contribution in [3.63, 3.8) is 0 Å². The average Bonchev–Trinajstić information content (AvgIpc) is 2.97. The maximum absolute atomic E-state index is 12.7. The summed E-state index contributed by atoms with van der Waals surface area (Å²) in [5.74, 6) is 0.545. The second kappa shape index (κ2) is 6.59. The SMILES string of the molecule is Cc1cnn([C@@H]2CCCN(C(=O)Cc3c(C)nc(C)[nH]c3=O)C2)c1. The lowest BCUT2D eigenvalue weighted by Crippen LogP contribution is -2.42. The number of nitrogens with zero attached hydrogens (tertiary/aromatic N) is 4. The third kappa shape index (κ3) is 3.39. The summed E-state index contributed by atoms with van der Waals surface area (Å²) >= 11 is 0. The molecule has 0 saturated carbocycles. The zero-order chi connectivity index (χ0) is 17.3. The Morgan fingerprint density at radius 1 is 1.38 bits per heavy atom. The number of rotatable bonds is 3. The number of aromatic amines is 1. The van der Waals surface area contributed by atoms with Crippen molar-refractivity contribution in [2.45, 2.75) is 46.1 Å². The molecule has 2 aromatic rings. The second-order valence-corrected chi connectivity index (χ2v) is 6.53. The number of nitrogens with one attached hydrogen (secondary N) is 1. The third-order valence-corrected chi connectivity index (χ3v) is 4.52. The third-order valence-electron chi connectivity index (χ3n) is 4.52. The van der Waals surface area contributed by atoms with Crippen molar-refractivity contribution >= 4 is 5.91 Å². The lowest BCUT2D eigenvalue weighted by Gasteiger charge is -2.33. The monoisotopic (exact) mass is 329 g/mol. The predicted molar refractivity (Wildman–Crippen MR) is 89.9 cm³/mol. The average molecular weight is 329 g/mol. The Hall–Kier alpha value is -2.44. The molecule has 1 aliphatic heterocycles. The highest BCUT2D eigenvalue weighted by atomic mass is 16.2. The van der Waals surface area contributed by atoms with E-state index in [1.54, 1.807) is 13.8 Å². The number of likely N-dealkylation sites (tertiary alicyclic amines) is 1. The summed E-state index contributed by atoms with van der Waals surface area (Å²) < 4.78 is 1.94. The maximum atomic E-state index is 12.7. The van der Waals surface area contributed by atoms with Crippen LogP contribution in [0.15, 0.2) is 17.2 Å². The molecule has 128 valence electrons. The largest absolute Gasteiger partial charge is 0.340 e. The molecular weight excluding hydrogens is 306 g/mol. The molecule has 3 heterocycles. The van der Waals surface area contributed by atoms with Crippen molar-refractivity contribution in [2.75, 3.05) is 13.1 Å². The number of carbonyl (C=O) groups is 1. The Morgan fingerprint density at radius 2 is 2.17 bits per heavy atom. The van der Waals surface area contributed by atoms with Crippen LogP contribution in [0, 0.1) is 20.8 Å². The van der Waals surface area contributed by atoms with Crippen LogP contribution in [0.2, 0.25) is 0 Å². The van der Waals surface area contributed by atoms with Gasteiger partial charge in [0, 0.05) is 30.5 Å². The molecule has 3 rings (SSSR count). The molecule has 0 unspecified atom stereocenters. The van der Waals surface area contributed by atoms with E-state index in [-0.39, 0.29) is 23.9 Å². The molecule has 0 radical (unpaired) electrons. The van der Waals surface area contributed by atoms with Gasteiger partial charge in [-0.25, -0.2) is 4.98 Å². The van der Waals surface area contributed by atoms with Gasteiger partial charge in [-0.05, 0) is 39.2 Å². The first-order valence-corrected chi connectivity index (χ1v) is 8.29. The van der Waals surface area contributed by atoms with Gasteiger partial charge in [0.05, 0.1) is 18.7 Å². The van der Waals surface area contributed by atoms with Crippen molar-refractivity contribution in [3.8, 4) is 0 Å². The van der Waals surface area contributed by atoms with Crippen molar-refractivity contribution in [3.05, 3.63) is 45.4 Å². The first kappa shape index (κ1) is 16.4. The van der Waals surface area contributed by atoms with E-state index in [4.69, 9.17) is 0 Å². The number of hydrogen-bond donors (Lipinski definition) is 1. The molecule has 0 aliphatic carbocycles. The fraction of sp³-hybridized carbons (Fsp3) is 0.529. The van der Waals surface area contributed by atoms with Gasteiger partial charge in [0.1, 0.15) is 5.82 Å². The van der Waals surface area contributed by atoms with Crippen molar-refractivity contribution in [2.24, 2.45) is 0 Å². The van der Waals surface area contributed by atoms with Gasteiger partial charge in [-0.3, -0.25) is 14.3 Å². The second-order valence-electron chi connectivity index (χ2n) is 6.53. The van der Waals surface area contributed by atoms with Crippen LogP contribution in [0.3, 0.4) is 0 Å². The number of amides is 1. The molecule has 7 nitrogen and oxygen atoms in total. The highest BCUT2D eigenvalue weighted by Gasteiger charge is 2.26. The zero-order valence-corrected chi connectivity index (χ0v) is 14.4. The van der Waals surface area contributed by atoms with Crippen molar-refractivity contribution < 1.29 is 4.79 Å². The molecule has 7 heteroatoms. The minimum atomic E-state index is -0.218. The van der Waals surface area contributed by atoms with E-state index in [1.165, 1.54) is 0 Å². The van der Waals surface area contributed by atoms with E-state index in [2.05, 4.69) is 15.1 Å². The van der Waals surface area contributed by atoms with Crippen LogP contribution in [0.1, 0.15) is 41.5 Å². The first-order valence-electron chi connectivity index (χ1n) is 8.29. The number of aromatic nitrogens is 4. The van der Waals surface area contributed by atoms with Crippen LogP contribution in [-0.2, 0) is 11.2 Å². The van der Waals surface area contributed by atoms with Crippen LogP contribution < -0.4 is 5.56 Å². The summed E-state index contributed by atoms with van der Waals surface area (Å²) in [5.41, 5.74) is 1.99. The van der Waals surface area contributed by atoms with Crippen LogP contribution in [0.25, 0.3) is 0 Å². The van der Waals surface area contributed by atoms with Crippen molar-refractivity contribution in [1.29, 1.82) is 0 Å². The Balaban J connectivity index is 1.72. The Bertz CT molecular complexity index is 808. The lowest BCUT2D eigenvalue weighted by atomic mass is 10.0. The van der Waals surface area contributed by atoms with E-state index in [1.807, 2.05) is 28.9 Å². The van der Waals surface area contributed by atoms with E-state index >= 15 is 0 Å². The minimum Gasteiger partial charge on any atom is -0.340 e. The summed E-state index contributed by atoms with van der Waals surface area (Å²) in [6.07, 6.45) is 5.89. The molecule has 1 N–H and O–H groups in total. The summed E-state index contributed by atoms with van der Waals surface area (Å²) in [7, 11) is 0. The molecular formula is C17H23N5O2. The number of piperidine rings is 1. The molecule has 0 spiro atoms. The molecule has 0 aromatic carbocycles. The van der Waals surface area contributed by atoms with Crippen molar-refractivity contribution in [1.82, 2.24) is 24.6 Å². The predicted octanol–water partition coefficient (Wildman–Crippen LogP) is 1.30. The maximum Gasteiger partial charge on any atom is 0.254 e. The Kier molecular flexibility index (Phi) is 4.51. The van der Waals surface area contributed by atoms with Gasteiger partial charge < -0.3 is 9.88 Å². The lowest BCUT2D eigenvalue weighted by molar-refractivity contribution is -0.132. The van der Waals surface area contributed by atoms with Gasteiger partial charge in [-0.2, -0.15) is 5.10 Å². The van der Waals surface area contributed by atoms with E-state index in [9.17, 15) is 9.59 Å². The Labute approximate surface area is 140 Å². The van der Waals surface area contributed by atoms with Crippen LogP contribution >= 0.6 is 0 Å². The van der Waals surface area contributed by atoms with Gasteiger partial charge >= 0.3 is 0 Å². The zero-order valence-electron chi connectivity index (χ0n) is 14.4. The Morgan fingerprint density at radius 3 is 2.83 bits per heavy atom. The van der Waals surface area contributed by atoms with E-state index in [0.717, 1.165) is 24.9 Å². The van der Waals surface area contributed by atoms with Crippen LogP contribution in [0.4, 0.5) is 0 Å². The summed E-state index contributed by atoms with van der Waals surface area (Å²) in [4.78, 5) is 33.5. The summed E-state index contributed by atoms with van der Waals surface area (Å²) in [6, 6.07) is 0.201. The molecule has 1 amide bonds. The molecule has 24 heavy (non-hydrogen) atoms. The summed E-state index contributed by atoms with van der Waals surface area (Å²) in [5, 5.41) is 4.37. The molecule has 0 bridgehead atoms. The molecule has 1 fully saturated rings. The molecule has 1 aliphatic rings. The van der Waals surface area contributed by atoms with Crippen LogP contribution in [-0.4, -0.2) is 43.6 Å². The smallest absolute Gasteiger partial charge is 0.254 e. The fourth-order valence-corrected chi connectivity index (χ4v) is 3.25. The van der Waals surface area contributed by atoms with Gasteiger partial charge in [0.2, 0.25) is 5.91 Å². The number of hydrogen-bond acceptors (Lipinski definition) is 4. The highest BCUT2D eigenvalue weighted by Crippen LogP contribution is 2.21. The number of H-pyrrole nitrogens is 1. The summed E-state index contributed by atoms with van der Waals surface area (Å²) in [6.45, 7) is 6.88. The number of carbonyl (C=O) groups excluding carboxylic acids is 1. The van der Waals surface area contributed by atoms with Gasteiger partial charge in [-0.15, -0.1) is 0 Å². The van der Waals surface area contributed by atoms with Crippen LogP contribution in [0.5, 0.6) is 0 Å². The van der Waals surface area contributed by atoms with E-state index < -0.39 is 0 Å². The normalized spacial score (nSPS) is 18.0. The van der Waals surface area contributed by atoms with Gasteiger partial charge in [-0.1, -0.05) is 0 Å². The molecule has 2 aromatic heterocycles. The van der Waals surface area contributed by atoms with Gasteiger partial charge in [0.25, 0.3) is 5.56 Å². The molecule has 1 saturated heterocycles. The quantitative estimate of drug-likeness (QED) is 0.920. The van der Waals surface area contributed by atoms with Gasteiger partial charge in [0.15, 0.2) is 0 Å². The minimum absolute atomic E-state index is 0.0252. The highest BCUT2D eigenvalue weighted by molar-refractivity contribution is 5.79. The number of aryl methyl sites for hydroxylation is 3. The fourth-order valence-electron chi connectivity index (χ4n) is 3.25. The first-order chi connectivity index (χ1) is 11.4. The standard InChI is InChI=1S/C17H23N5O2/c1-11-8-18-22(9-11)14-5-4-6-21(10-14)16(23)7-15-12(2)19-13(3)20-17(15)24/h8-9,14H,4-7,10H2,1-3H3,(H,19,20,24)/t14-/m1/s1. The van der Waals surface area contributed by atoms with E-state index in [0.29, 0.717) is 23.6 Å².